The topological polar surface area (TPSA) is 78.7 Å². The van der Waals surface area contributed by atoms with Crippen molar-refractivity contribution in [2.45, 2.75) is 31.7 Å². The van der Waals surface area contributed by atoms with Gasteiger partial charge in [0.15, 0.2) is 5.76 Å². The Morgan fingerprint density at radius 1 is 1.04 bits per heavy atom. The molecular formula is C20H24N4O3. The molecule has 0 spiro atoms. The standard InChI is InChI=1S/C20H24N4O3/c25-19(17-14-16(7-8-21-17)22-15-4-1-2-5-15)23-9-11-24(12-10-23)20(26)18-6-3-13-27-18/h3,6-8,13-15H,1-2,4-5,9-12H2,(H,21,22). The second-order valence-electron chi connectivity index (χ2n) is 7.12. The fraction of sp³-hybridized carbons (Fsp3) is 0.450. The van der Waals surface area contributed by atoms with Crippen molar-refractivity contribution in [1.29, 1.82) is 0 Å². The van der Waals surface area contributed by atoms with Gasteiger partial charge in [0.25, 0.3) is 11.8 Å². The molecule has 2 aromatic rings. The summed E-state index contributed by atoms with van der Waals surface area (Å²) in [5.41, 5.74) is 1.40. The summed E-state index contributed by atoms with van der Waals surface area (Å²) in [4.78, 5) is 32.9. The average molecular weight is 368 g/mol. The van der Waals surface area contributed by atoms with Crippen LogP contribution in [0.15, 0.2) is 41.1 Å². The van der Waals surface area contributed by atoms with Crippen LogP contribution in [0, 0.1) is 0 Å². The van der Waals surface area contributed by atoms with Crippen molar-refractivity contribution in [1.82, 2.24) is 14.8 Å². The Labute approximate surface area is 158 Å². The number of anilines is 1. The summed E-state index contributed by atoms with van der Waals surface area (Å²) in [6.07, 6.45) is 8.05. The first-order valence-corrected chi connectivity index (χ1v) is 9.55. The number of carbonyl (C=O) groups excluding carboxylic acids is 2. The zero-order valence-corrected chi connectivity index (χ0v) is 15.3. The highest BCUT2D eigenvalue weighted by atomic mass is 16.3. The Hall–Kier alpha value is -2.83. The van der Waals surface area contributed by atoms with Crippen molar-refractivity contribution >= 4 is 17.5 Å². The van der Waals surface area contributed by atoms with Gasteiger partial charge in [0.2, 0.25) is 0 Å². The number of nitrogens with zero attached hydrogens (tertiary/aromatic N) is 3. The van der Waals surface area contributed by atoms with E-state index in [-0.39, 0.29) is 11.8 Å². The molecule has 2 aromatic heterocycles. The van der Waals surface area contributed by atoms with E-state index >= 15 is 0 Å². The van der Waals surface area contributed by atoms with E-state index < -0.39 is 0 Å². The Bertz CT molecular complexity index is 791. The molecule has 0 aromatic carbocycles. The van der Waals surface area contributed by atoms with E-state index in [0.29, 0.717) is 43.7 Å². The monoisotopic (exact) mass is 368 g/mol. The molecule has 142 valence electrons. The molecular weight excluding hydrogens is 344 g/mol. The van der Waals surface area contributed by atoms with Crippen molar-refractivity contribution < 1.29 is 14.0 Å². The number of aromatic nitrogens is 1. The first kappa shape index (κ1) is 17.6. The normalized spacial score (nSPS) is 17.9. The molecule has 1 aliphatic carbocycles. The molecule has 0 atom stereocenters. The van der Waals surface area contributed by atoms with Gasteiger partial charge in [-0.3, -0.25) is 14.6 Å². The summed E-state index contributed by atoms with van der Waals surface area (Å²) in [6, 6.07) is 7.60. The fourth-order valence-electron chi connectivity index (χ4n) is 3.77. The Morgan fingerprint density at radius 2 is 1.74 bits per heavy atom. The summed E-state index contributed by atoms with van der Waals surface area (Å²) >= 11 is 0. The van der Waals surface area contributed by atoms with Crippen molar-refractivity contribution in [3.05, 3.63) is 48.2 Å². The third-order valence-corrected chi connectivity index (χ3v) is 5.29. The van der Waals surface area contributed by atoms with Gasteiger partial charge in [0.05, 0.1) is 6.26 Å². The molecule has 2 aliphatic rings. The van der Waals surface area contributed by atoms with Gasteiger partial charge in [0.1, 0.15) is 5.69 Å². The van der Waals surface area contributed by atoms with Crippen LogP contribution in [0.2, 0.25) is 0 Å². The molecule has 0 unspecified atom stereocenters. The summed E-state index contributed by atoms with van der Waals surface area (Å²) in [7, 11) is 0. The summed E-state index contributed by atoms with van der Waals surface area (Å²) in [6.45, 7) is 1.97. The molecule has 27 heavy (non-hydrogen) atoms. The second kappa shape index (κ2) is 7.82. The highest BCUT2D eigenvalue weighted by Gasteiger charge is 2.27. The zero-order valence-electron chi connectivity index (χ0n) is 15.3. The lowest BCUT2D eigenvalue weighted by Crippen LogP contribution is -2.50. The largest absolute Gasteiger partial charge is 0.459 e. The molecule has 7 heteroatoms. The van der Waals surface area contributed by atoms with Crippen molar-refractivity contribution in [3.8, 4) is 0 Å². The third kappa shape index (κ3) is 3.97. The van der Waals surface area contributed by atoms with Gasteiger partial charge in [-0.2, -0.15) is 0 Å². The summed E-state index contributed by atoms with van der Waals surface area (Å²) in [5.74, 6) is 0.116. The predicted molar refractivity (Wildman–Crippen MR) is 101 cm³/mol. The Kier molecular flexibility index (Phi) is 5.09. The number of hydrogen-bond donors (Lipinski definition) is 1. The highest BCUT2D eigenvalue weighted by Crippen LogP contribution is 2.22. The maximum absolute atomic E-state index is 12.8. The second-order valence-corrected chi connectivity index (χ2v) is 7.12. The van der Waals surface area contributed by atoms with Gasteiger partial charge < -0.3 is 19.5 Å². The third-order valence-electron chi connectivity index (χ3n) is 5.29. The quantitative estimate of drug-likeness (QED) is 0.897. The fourth-order valence-corrected chi connectivity index (χ4v) is 3.77. The van der Waals surface area contributed by atoms with Crippen LogP contribution in [0.3, 0.4) is 0 Å². The first-order valence-electron chi connectivity index (χ1n) is 9.55. The number of amides is 2. The summed E-state index contributed by atoms with van der Waals surface area (Å²) in [5, 5.41) is 3.50. The van der Waals surface area contributed by atoms with Crippen LogP contribution in [0.1, 0.15) is 46.7 Å². The summed E-state index contributed by atoms with van der Waals surface area (Å²) < 4.78 is 5.17. The van der Waals surface area contributed by atoms with E-state index in [1.54, 1.807) is 28.1 Å². The van der Waals surface area contributed by atoms with E-state index in [1.165, 1.54) is 31.9 Å². The van der Waals surface area contributed by atoms with Gasteiger partial charge in [-0.15, -0.1) is 0 Å². The molecule has 2 fully saturated rings. The smallest absolute Gasteiger partial charge is 0.289 e. The van der Waals surface area contributed by atoms with E-state index in [9.17, 15) is 9.59 Å². The maximum atomic E-state index is 12.8. The SMILES string of the molecule is O=C(c1cc(NC2CCCC2)ccn1)N1CCN(C(=O)c2ccco2)CC1. The molecule has 1 aliphatic heterocycles. The molecule has 0 radical (unpaired) electrons. The van der Waals surface area contributed by atoms with Gasteiger partial charge in [-0.1, -0.05) is 12.8 Å². The number of carbonyl (C=O) groups is 2. The molecule has 1 N–H and O–H groups in total. The zero-order chi connectivity index (χ0) is 18.6. The van der Waals surface area contributed by atoms with E-state index in [2.05, 4.69) is 10.3 Å². The molecule has 4 rings (SSSR count). The van der Waals surface area contributed by atoms with Crippen LogP contribution in [0.25, 0.3) is 0 Å². The Balaban J connectivity index is 1.35. The minimum atomic E-state index is -0.131. The van der Waals surface area contributed by atoms with Crippen LogP contribution < -0.4 is 5.32 Å². The number of hydrogen-bond acceptors (Lipinski definition) is 5. The van der Waals surface area contributed by atoms with Gasteiger partial charge in [0, 0.05) is 44.1 Å². The minimum Gasteiger partial charge on any atom is -0.459 e. The lowest BCUT2D eigenvalue weighted by molar-refractivity contribution is 0.0515. The van der Waals surface area contributed by atoms with Gasteiger partial charge >= 0.3 is 0 Å². The van der Waals surface area contributed by atoms with E-state index in [1.807, 2.05) is 12.1 Å². The number of furan rings is 1. The van der Waals surface area contributed by atoms with E-state index in [4.69, 9.17) is 4.42 Å². The molecule has 7 nitrogen and oxygen atoms in total. The van der Waals surface area contributed by atoms with E-state index in [0.717, 1.165) is 5.69 Å². The maximum Gasteiger partial charge on any atom is 0.289 e. The van der Waals surface area contributed by atoms with Crippen LogP contribution in [-0.4, -0.2) is 58.8 Å². The average Bonchev–Trinajstić information content (AvgIpc) is 3.41. The lowest BCUT2D eigenvalue weighted by atomic mass is 10.2. The van der Waals surface area contributed by atoms with Crippen LogP contribution in [0.5, 0.6) is 0 Å². The lowest BCUT2D eigenvalue weighted by Gasteiger charge is -2.34. The molecule has 1 saturated carbocycles. The highest BCUT2D eigenvalue weighted by molar-refractivity contribution is 5.94. The van der Waals surface area contributed by atoms with Crippen molar-refractivity contribution in [2.75, 3.05) is 31.5 Å². The number of rotatable bonds is 4. The molecule has 1 saturated heterocycles. The molecule has 2 amide bonds. The predicted octanol–water partition coefficient (Wildman–Crippen LogP) is 2.63. The number of nitrogens with one attached hydrogen (secondary N) is 1. The van der Waals surface area contributed by atoms with Gasteiger partial charge in [-0.25, -0.2) is 0 Å². The molecule has 3 heterocycles. The van der Waals surface area contributed by atoms with Crippen LogP contribution in [0.4, 0.5) is 5.69 Å². The van der Waals surface area contributed by atoms with Crippen molar-refractivity contribution in [3.63, 3.8) is 0 Å². The van der Waals surface area contributed by atoms with Crippen molar-refractivity contribution in [2.24, 2.45) is 0 Å². The number of pyridine rings is 1. The Morgan fingerprint density at radius 3 is 2.41 bits per heavy atom. The van der Waals surface area contributed by atoms with Crippen LogP contribution >= 0.6 is 0 Å². The number of piperazine rings is 1. The minimum absolute atomic E-state index is 0.0878. The van der Waals surface area contributed by atoms with Gasteiger partial charge in [-0.05, 0) is 37.1 Å². The first-order chi connectivity index (χ1) is 13.2. The molecule has 0 bridgehead atoms. The van der Waals surface area contributed by atoms with Crippen LogP contribution in [-0.2, 0) is 0 Å².